The molecule has 0 aliphatic heterocycles. The van der Waals surface area contributed by atoms with Gasteiger partial charge in [-0.1, -0.05) is 19.8 Å². The van der Waals surface area contributed by atoms with Crippen LogP contribution < -0.4 is 4.72 Å². The lowest BCUT2D eigenvalue weighted by Crippen LogP contribution is -2.38. The highest BCUT2D eigenvalue weighted by Crippen LogP contribution is 2.10. The van der Waals surface area contributed by atoms with Gasteiger partial charge in [0.15, 0.2) is 0 Å². The van der Waals surface area contributed by atoms with Crippen LogP contribution in [0.25, 0.3) is 0 Å². The Balaban J connectivity index is 3.79. The molecule has 2 atom stereocenters. The molecule has 0 aromatic heterocycles. The van der Waals surface area contributed by atoms with Crippen LogP contribution >= 0.6 is 0 Å². The lowest BCUT2D eigenvalue weighted by molar-refractivity contribution is 0.559. The van der Waals surface area contributed by atoms with Gasteiger partial charge < -0.3 is 0 Å². The molecule has 0 aromatic carbocycles. The van der Waals surface area contributed by atoms with E-state index in [1.165, 1.54) is 12.8 Å². The summed E-state index contributed by atoms with van der Waals surface area (Å²) in [5.74, 6) is 0. The molecule has 0 heterocycles. The monoisotopic (exact) mass is 205 g/mol. The largest absolute Gasteiger partial charge is 0.242 e. The van der Waals surface area contributed by atoms with E-state index in [4.69, 9.17) is 0 Å². The first kappa shape index (κ1) is 13.1. The van der Waals surface area contributed by atoms with E-state index in [9.17, 15) is 4.21 Å². The highest BCUT2D eigenvalue weighted by Gasteiger charge is 2.20. The fraction of sp³-hybridized carbons (Fsp3) is 1.00. The zero-order valence-electron chi connectivity index (χ0n) is 9.52. The normalized spacial score (nSPS) is 17.0. The topological polar surface area (TPSA) is 29.1 Å². The van der Waals surface area contributed by atoms with Crippen molar-refractivity contribution in [3.63, 3.8) is 0 Å². The molecule has 0 saturated heterocycles. The Kier molecular flexibility index (Phi) is 5.81. The van der Waals surface area contributed by atoms with Crippen LogP contribution in [-0.4, -0.2) is 15.0 Å². The maximum absolute atomic E-state index is 11.6. The lowest BCUT2D eigenvalue weighted by Gasteiger charge is -2.21. The van der Waals surface area contributed by atoms with Gasteiger partial charge in [0.2, 0.25) is 0 Å². The van der Waals surface area contributed by atoms with Crippen molar-refractivity contribution in [1.29, 1.82) is 0 Å². The molecule has 2 nitrogen and oxygen atoms in total. The molecule has 13 heavy (non-hydrogen) atoms. The van der Waals surface area contributed by atoms with E-state index in [0.717, 1.165) is 6.42 Å². The molecule has 0 aliphatic carbocycles. The minimum Gasteiger partial charge on any atom is -0.242 e. The number of hydrogen-bond acceptors (Lipinski definition) is 1. The lowest BCUT2D eigenvalue weighted by atomic mass is 10.2. The second-order valence-corrected chi connectivity index (χ2v) is 6.54. The summed E-state index contributed by atoms with van der Waals surface area (Å²) in [6.45, 7) is 10.2. The second-order valence-electron chi connectivity index (χ2n) is 4.54. The van der Waals surface area contributed by atoms with Crippen LogP contribution in [-0.2, 0) is 11.0 Å². The predicted octanol–water partition coefficient (Wildman–Crippen LogP) is 2.62. The first-order chi connectivity index (χ1) is 5.88. The van der Waals surface area contributed by atoms with Crippen LogP contribution in [0.1, 0.15) is 53.9 Å². The van der Waals surface area contributed by atoms with Crippen molar-refractivity contribution >= 4 is 11.0 Å². The molecule has 0 aliphatic rings. The van der Waals surface area contributed by atoms with Gasteiger partial charge in [-0.05, 0) is 34.1 Å². The van der Waals surface area contributed by atoms with Crippen molar-refractivity contribution in [2.24, 2.45) is 0 Å². The molecular weight excluding hydrogens is 182 g/mol. The summed E-state index contributed by atoms with van der Waals surface area (Å²) >= 11 is 0. The molecule has 0 aromatic rings. The molecule has 80 valence electrons. The highest BCUT2D eigenvalue weighted by atomic mass is 32.2. The number of nitrogens with one attached hydrogen (secondary N) is 1. The van der Waals surface area contributed by atoms with Gasteiger partial charge in [0.1, 0.15) is 0 Å². The van der Waals surface area contributed by atoms with Crippen molar-refractivity contribution in [3.05, 3.63) is 0 Å². The zero-order chi connectivity index (χ0) is 10.5. The Labute approximate surface area is 85.1 Å². The minimum atomic E-state index is -0.921. The van der Waals surface area contributed by atoms with Crippen molar-refractivity contribution in [2.75, 3.05) is 0 Å². The van der Waals surface area contributed by atoms with E-state index in [1.54, 1.807) is 0 Å². The van der Waals surface area contributed by atoms with Gasteiger partial charge in [0.05, 0.1) is 15.7 Å². The Morgan fingerprint density at radius 1 is 1.38 bits per heavy atom. The molecule has 0 amide bonds. The zero-order valence-corrected chi connectivity index (χ0v) is 10.3. The number of unbranched alkanes of at least 4 members (excludes halogenated alkanes) is 1. The van der Waals surface area contributed by atoms with E-state index < -0.39 is 11.0 Å². The summed E-state index contributed by atoms with van der Waals surface area (Å²) in [5.41, 5.74) is 0. The fourth-order valence-corrected chi connectivity index (χ4v) is 1.77. The van der Waals surface area contributed by atoms with Crippen LogP contribution in [0.3, 0.4) is 0 Å². The first-order valence-electron chi connectivity index (χ1n) is 5.06. The highest BCUT2D eigenvalue weighted by molar-refractivity contribution is 7.84. The van der Waals surface area contributed by atoms with Gasteiger partial charge in [-0.15, -0.1) is 0 Å². The van der Waals surface area contributed by atoms with Gasteiger partial charge in [0.25, 0.3) is 0 Å². The first-order valence-corrected chi connectivity index (χ1v) is 6.21. The van der Waals surface area contributed by atoms with Gasteiger partial charge in [0, 0.05) is 6.04 Å². The average molecular weight is 205 g/mol. The van der Waals surface area contributed by atoms with Gasteiger partial charge in [-0.2, -0.15) is 0 Å². The Bertz CT molecular complexity index is 163. The summed E-state index contributed by atoms with van der Waals surface area (Å²) in [6, 6.07) is 0.361. The van der Waals surface area contributed by atoms with Gasteiger partial charge in [-0.3, -0.25) is 0 Å². The molecule has 0 bridgehead atoms. The smallest absolute Gasteiger partial charge is 0.0972 e. The average Bonchev–Trinajstić information content (AvgIpc) is 1.99. The maximum Gasteiger partial charge on any atom is 0.0972 e. The molecule has 0 saturated carbocycles. The van der Waals surface area contributed by atoms with E-state index in [0.29, 0.717) is 6.04 Å². The molecule has 0 rings (SSSR count). The molecular formula is C10H23NOS. The van der Waals surface area contributed by atoms with Gasteiger partial charge >= 0.3 is 0 Å². The third-order valence-corrected chi connectivity index (χ3v) is 3.58. The van der Waals surface area contributed by atoms with E-state index in [2.05, 4.69) is 18.6 Å². The van der Waals surface area contributed by atoms with Crippen LogP contribution in [0, 0.1) is 0 Å². The summed E-state index contributed by atoms with van der Waals surface area (Å²) in [7, 11) is -0.921. The van der Waals surface area contributed by atoms with Crippen LogP contribution in [0.2, 0.25) is 0 Å². The fourth-order valence-electron chi connectivity index (χ4n) is 0.929. The van der Waals surface area contributed by atoms with E-state index in [-0.39, 0.29) is 4.75 Å². The molecule has 0 spiro atoms. The minimum absolute atomic E-state index is 0.152. The van der Waals surface area contributed by atoms with Crippen molar-refractivity contribution in [2.45, 2.75) is 64.7 Å². The van der Waals surface area contributed by atoms with Crippen molar-refractivity contribution < 1.29 is 4.21 Å². The van der Waals surface area contributed by atoms with Crippen molar-refractivity contribution in [1.82, 2.24) is 4.72 Å². The summed E-state index contributed by atoms with van der Waals surface area (Å²) in [5, 5.41) is 0. The molecule has 0 fully saturated rings. The van der Waals surface area contributed by atoms with E-state index >= 15 is 0 Å². The molecule has 1 N–H and O–H groups in total. The Morgan fingerprint density at radius 2 is 1.92 bits per heavy atom. The summed E-state index contributed by atoms with van der Waals surface area (Å²) in [4.78, 5) is 0. The molecule has 0 radical (unpaired) electrons. The molecule has 1 unspecified atom stereocenters. The van der Waals surface area contributed by atoms with Gasteiger partial charge in [-0.25, -0.2) is 8.93 Å². The maximum atomic E-state index is 11.6. The summed E-state index contributed by atoms with van der Waals surface area (Å²) < 4.78 is 14.6. The third kappa shape index (κ3) is 6.22. The number of hydrogen-bond donors (Lipinski definition) is 1. The van der Waals surface area contributed by atoms with E-state index in [1.807, 2.05) is 20.8 Å². The van der Waals surface area contributed by atoms with Crippen LogP contribution in [0.5, 0.6) is 0 Å². The predicted molar refractivity (Wildman–Crippen MR) is 60.0 cm³/mol. The number of rotatable bonds is 5. The standard InChI is InChI=1S/C10H23NOS/c1-6-7-8-9(2)11-13(12)10(3,4)5/h9,11H,6-8H2,1-5H3/t9-,13?/m0/s1. The third-order valence-electron chi connectivity index (χ3n) is 1.86. The quantitative estimate of drug-likeness (QED) is 0.734. The molecule has 3 heteroatoms. The van der Waals surface area contributed by atoms with Crippen LogP contribution in [0.15, 0.2) is 0 Å². The SMILES string of the molecule is CCCC[C@H](C)NS(=O)C(C)(C)C. The Hall–Kier alpha value is 0.110. The van der Waals surface area contributed by atoms with Crippen molar-refractivity contribution in [3.8, 4) is 0 Å². The Morgan fingerprint density at radius 3 is 2.31 bits per heavy atom. The van der Waals surface area contributed by atoms with Crippen LogP contribution in [0.4, 0.5) is 0 Å². The second kappa shape index (κ2) is 5.76. The summed E-state index contributed by atoms with van der Waals surface area (Å²) in [6.07, 6.45) is 3.52.